The second kappa shape index (κ2) is 8.47. The number of carboxylic acid groups (broad SMARTS) is 2. The van der Waals surface area contributed by atoms with Crippen molar-refractivity contribution in [2.75, 3.05) is 11.4 Å². The van der Waals surface area contributed by atoms with Gasteiger partial charge in [0.1, 0.15) is 11.2 Å². The van der Waals surface area contributed by atoms with E-state index in [1.165, 1.54) is 35.3 Å². The van der Waals surface area contributed by atoms with E-state index in [0.717, 1.165) is 9.60 Å². The summed E-state index contributed by atoms with van der Waals surface area (Å²) >= 11 is 2.59. The van der Waals surface area contributed by atoms with Gasteiger partial charge in [0.15, 0.2) is 5.78 Å². The van der Waals surface area contributed by atoms with Crippen molar-refractivity contribution in [3.05, 3.63) is 81.5 Å². The second-order valence-electron chi connectivity index (χ2n) is 7.55. The molecule has 0 bridgehead atoms. The molecule has 5 rings (SSSR count). The van der Waals surface area contributed by atoms with E-state index in [9.17, 15) is 29.7 Å². The number of thiazole rings is 1. The molecule has 1 aliphatic heterocycles. The summed E-state index contributed by atoms with van der Waals surface area (Å²) in [5, 5.41) is 32.5. The van der Waals surface area contributed by atoms with Crippen molar-refractivity contribution in [2.45, 2.75) is 11.4 Å². The highest BCUT2D eigenvalue weighted by molar-refractivity contribution is 8.03. The fourth-order valence-electron chi connectivity index (χ4n) is 3.86. The first-order chi connectivity index (χ1) is 16.3. The molecule has 2 aromatic carbocycles. The van der Waals surface area contributed by atoms with Crippen molar-refractivity contribution in [1.82, 2.24) is 0 Å². The van der Waals surface area contributed by atoms with E-state index >= 15 is 0 Å². The highest BCUT2D eigenvalue weighted by Crippen LogP contribution is 2.47. The predicted octanol–water partition coefficient (Wildman–Crippen LogP) is 2.39. The molecule has 10 heteroatoms. The van der Waals surface area contributed by atoms with Crippen LogP contribution in [0, 0.1) is 0 Å². The van der Waals surface area contributed by atoms with Gasteiger partial charge < -0.3 is 20.2 Å². The van der Waals surface area contributed by atoms with Crippen molar-refractivity contribution in [3.63, 3.8) is 0 Å². The zero-order valence-electron chi connectivity index (χ0n) is 17.4. The Morgan fingerprint density at radius 3 is 2.50 bits per heavy atom. The van der Waals surface area contributed by atoms with E-state index in [0.29, 0.717) is 21.2 Å². The van der Waals surface area contributed by atoms with Gasteiger partial charge in [-0.2, -0.15) is 4.57 Å². The van der Waals surface area contributed by atoms with Crippen LogP contribution in [0.4, 0.5) is 5.69 Å². The number of carbonyl (C=O) groups excluding carboxylic acids is 1. The number of allylic oxidation sites excluding steroid dienone is 3. The van der Waals surface area contributed by atoms with Gasteiger partial charge in [-0.1, -0.05) is 53.1 Å². The van der Waals surface area contributed by atoms with E-state index < -0.39 is 23.5 Å². The number of para-hydroxylation sites is 2. The number of hydrogen-bond donors (Lipinski definition) is 2. The molecule has 1 aliphatic carbocycles. The molecule has 2 aliphatic rings. The lowest BCUT2D eigenvalue weighted by Gasteiger charge is -2.29. The number of rotatable bonds is 6. The third-order valence-corrected chi connectivity index (χ3v) is 7.60. The molecule has 3 aromatic rings. The highest BCUT2D eigenvalue weighted by atomic mass is 32.2. The third kappa shape index (κ3) is 3.76. The zero-order valence-corrected chi connectivity index (χ0v) is 19.1. The summed E-state index contributed by atoms with van der Waals surface area (Å²) in [6.45, 7) is -0.601. The van der Waals surface area contributed by atoms with E-state index in [1.54, 1.807) is 33.7 Å². The monoisotopic (exact) mass is 492 g/mol. The fourth-order valence-corrected chi connectivity index (χ4v) is 6.07. The van der Waals surface area contributed by atoms with E-state index in [-0.39, 0.29) is 24.2 Å². The minimum atomic E-state index is -1.03. The van der Waals surface area contributed by atoms with Gasteiger partial charge >= 0.3 is 11.9 Å². The molecule has 2 N–H and O–H groups in total. The van der Waals surface area contributed by atoms with Gasteiger partial charge in [0.05, 0.1) is 10.7 Å². The molecule has 0 atom stereocenters. The molecule has 0 unspecified atom stereocenters. The molecule has 170 valence electrons. The van der Waals surface area contributed by atoms with Crippen LogP contribution in [0.15, 0.2) is 81.4 Å². The Hall–Kier alpha value is -3.89. The van der Waals surface area contributed by atoms with E-state index in [2.05, 4.69) is 0 Å². The highest BCUT2D eigenvalue weighted by Gasteiger charge is 2.32. The van der Waals surface area contributed by atoms with Crippen molar-refractivity contribution >= 4 is 62.8 Å². The normalized spacial score (nSPS) is 17.5. The summed E-state index contributed by atoms with van der Waals surface area (Å²) in [6, 6.07) is 14.5. The summed E-state index contributed by atoms with van der Waals surface area (Å²) in [7, 11) is 0. The molecule has 1 aromatic heterocycles. The minimum Gasteiger partial charge on any atom is -0.871 e. The van der Waals surface area contributed by atoms with Crippen molar-refractivity contribution < 1.29 is 34.3 Å². The topological polar surface area (TPSA) is 122 Å². The minimum absolute atomic E-state index is 0.0251. The molecule has 0 fully saturated rings. The summed E-state index contributed by atoms with van der Waals surface area (Å²) in [6.07, 6.45) is 2.87. The first-order valence-corrected chi connectivity index (χ1v) is 11.8. The molecule has 0 saturated heterocycles. The fraction of sp³-hybridized carbons (Fsp3) is 0.0833. The maximum absolute atomic E-state index is 12.9. The Bertz CT molecular complexity index is 1480. The summed E-state index contributed by atoms with van der Waals surface area (Å²) < 4.78 is 2.40. The lowest BCUT2D eigenvalue weighted by molar-refractivity contribution is -0.657. The maximum atomic E-state index is 12.9. The lowest BCUT2D eigenvalue weighted by Crippen LogP contribution is -2.39. The smallest absolute Gasteiger partial charge is 0.370 e. The average molecular weight is 493 g/mol. The van der Waals surface area contributed by atoms with Gasteiger partial charge in [-0.25, -0.2) is 4.79 Å². The van der Waals surface area contributed by atoms with Crippen LogP contribution in [-0.2, 0) is 20.9 Å². The van der Waals surface area contributed by atoms with Crippen molar-refractivity contribution in [3.8, 4) is 0 Å². The number of anilines is 1. The quantitative estimate of drug-likeness (QED) is 0.397. The Morgan fingerprint density at radius 2 is 1.76 bits per heavy atom. The molecule has 34 heavy (non-hydrogen) atoms. The molecular weight excluding hydrogens is 476 g/mol. The van der Waals surface area contributed by atoms with E-state index in [1.807, 2.05) is 24.3 Å². The number of benzene rings is 2. The number of aromatic nitrogens is 1. The Labute approximate surface area is 201 Å². The number of carbonyl (C=O) groups is 3. The molecule has 0 amide bonds. The number of Topliss-reactive ketones (excluding diaryl/α,β-unsaturated/α-hetero) is 1. The van der Waals surface area contributed by atoms with Crippen molar-refractivity contribution in [1.29, 1.82) is 0 Å². The Kier molecular flexibility index (Phi) is 5.46. The van der Waals surface area contributed by atoms with Gasteiger partial charge in [0.25, 0.3) is 5.01 Å². The van der Waals surface area contributed by atoms with Crippen LogP contribution >= 0.6 is 23.1 Å². The zero-order chi connectivity index (χ0) is 24.0. The standard InChI is InChI=1S/C24H16N2O6S2/c27-21(28)11-25-15-5-1-3-7-17(15)33-19(25)9-13-23(31)14(24(13)32)10-20-26(12-22(29)30)16-6-2-4-8-18(16)34-20/h1-10H,11-12H2,(H2-,27,28,29,30,31,32). The maximum Gasteiger partial charge on any atom is 0.370 e. The molecule has 0 radical (unpaired) electrons. The first kappa shape index (κ1) is 21.9. The van der Waals surface area contributed by atoms with Gasteiger partial charge in [0.2, 0.25) is 12.1 Å². The molecule has 8 nitrogen and oxygen atoms in total. The average Bonchev–Trinajstić information content (AvgIpc) is 3.33. The van der Waals surface area contributed by atoms with Crippen LogP contribution in [-0.4, -0.2) is 34.5 Å². The van der Waals surface area contributed by atoms with E-state index in [4.69, 9.17) is 0 Å². The number of ketones is 1. The number of thioether (sulfide) groups is 1. The second-order valence-corrected chi connectivity index (χ2v) is 9.67. The van der Waals surface area contributed by atoms with Gasteiger partial charge in [0, 0.05) is 28.2 Å². The van der Waals surface area contributed by atoms with Crippen molar-refractivity contribution in [2.24, 2.45) is 0 Å². The molecule has 0 spiro atoms. The summed E-state index contributed by atoms with van der Waals surface area (Å²) in [5.41, 5.74) is 1.36. The molecule has 2 heterocycles. The largest absolute Gasteiger partial charge is 0.871 e. The SMILES string of the molecule is O=C(O)CN1/C(=C/C2=C([O-])C(=C\c3sc4ccccc4[n+]3CC(=O)O)/C2=O)Sc2ccccc21. The Balaban J connectivity index is 1.52. The van der Waals surface area contributed by atoms with Crippen LogP contribution in [0.5, 0.6) is 0 Å². The predicted molar refractivity (Wildman–Crippen MR) is 125 cm³/mol. The third-order valence-electron chi connectivity index (χ3n) is 5.37. The number of nitrogens with zero attached hydrogens (tertiary/aromatic N) is 2. The van der Waals surface area contributed by atoms with Gasteiger partial charge in [-0.05, 0) is 24.3 Å². The van der Waals surface area contributed by atoms with Gasteiger partial charge in [-0.15, -0.1) is 0 Å². The summed E-state index contributed by atoms with van der Waals surface area (Å²) in [5.74, 6) is -2.98. The van der Waals surface area contributed by atoms with Crippen LogP contribution in [0.2, 0.25) is 0 Å². The molecular formula is C24H16N2O6S2. The lowest BCUT2D eigenvalue weighted by atomic mass is 9.88. The summed E-state index contributed by atoms with van der Waals surface area (Å²) in [4.78, 5) is 38.0. The Morgan fingerprint density at radius 1 is 1.03 bits per heavy atom. The number of hydrogen-bond acceptors (Lipinski definition) is 7. The van der Waals surface area contributed by atoms with Crippen LogP contribution in [0.25, 0.3) is 16.3 Å². The number of carboxylic acids is 2. The number of fused-ring (bicyclic) bond motifs is 2. The van der Waals surface area contributed by atoms with Crippen LogP contribution in [0.1, 0.15) is 5.01 Å². The van der Waals surface area contributed by atoms with Gasteiger partial charge in [-0.3, -0.25) is 9.59 Å². The number of aliphatic carboxylic acids is 2. The first-order valence-electron chi connectivity index (χ1n) is 10.1. The molecule has 0 saturated carbocycles. The van der Waals surface area contributed by atoms with Crippen LogP contribution in [0.3, 0.4) is 0 Å². The van der Waals surface area contributed by atoms with Crippen LogP contribution < -0.4 is 14.6 Å².